The molecule has 0 saturated carbocycles. The van der Waals surface area contributed by atoms with Crippen molar-refractivity contribution in [2.75, 3.05) is 25.4 Å². The van der Waals surface area contributed by atoms with Crippen LogP contribution in [0.25, 0.3) is 0 Å². The predicted molar refractivity (Wildman–Crippen MR) is 98.8 cm³/mol. The number of aryl methyl sites for hydroxylation is 1. The highest BCUT2D eigenvalue weighted by Crippen LogP contribution is 2.37. The Hall–Kier alpha value is -1.40. The molecule has 0 bridgehead atoms. The van der Waals surface area contributed by atoms with Crippen molar-refractivity contribution in [3.8, 4) is 0 Å². The minimum Gasteiger partial charge on any atom is -0.466 e. The number of carbonyl (C=O) groups is 1. The number of nitrogens with zero attached hydrogens (tertiary/aromatic N) is 1. The van der Waals surface area contributed by atoms with Gasteiger partial charge < -0.3 is 4.74 Å². The second-order valence-electron chi connectivity index (χ2n) is 6.86. The van der Waals surface area contributed by atoms with Crippen molar-refractivity contribution < 1.29 is 17.9 Å². The Kier molecular flexibility index (Phi) is 6.63. The third-order valence-electron chi connectivity index (χ3n) is 4.90. The van der Waals surface area contributed by atoms with Gasteiger partial charge in [-0.15, -0.1) is 0 Å². The van der Waals surface area contributed by atoms with Crippen LogP contribution in [0, 0.1) is 12.3 Å². The zero-order chi connectivity index (χ0) is 18.5. The lowest BCUT2D eigenvalue weighted by molar-refractivity contribution is -0.157. The molecule has 1 aliphatic rings. The molecule has 1 aliphatic heterocycles. The maximum Gasteiger partial charge on any atom is 0.313 e. The molecule has 0 N–H and O–H groups in total. The molecule has 1 unspecified atom stereocenters. The molecule has 1 fully saturated rings. The van der Waals surface area contributed by atoms with E-state index >= 15 is 0 Å². The smallest absolute Gasteiger partial charge is 0.313 e. The van der Waals surface area contributed by atoms with Crippen LogP contribution >= 0.6 is 0 Å². The van der Waals surface area contributed by atoms with Gasteiger partial charge in [0, 0.05) is 13.1 Å². The monoisotopic (exact) mass is 367 g/mol. The van der Waals surface area contributed by atoms with Crippen molar-refractivity contribution in [1.29, 1.82) is 0 Å². The molecule has 0 spiro atoms. The highest BCUT2D eigenvalue weighted by Gasteiger charge is 2.46. The molecule has 0 aromatic heterocycles. The second-order valence-corrected chi connectivity index (χ2v) is 8.95. The molecule has 1 saturated heterocycles. The molecule has 1 atom stereocenters. The maximum absolute atomic E-state index is 12.8. The molecule has 5 nitrogen and oxygen atoms in total. The van der Waals surface area contributed by atoms with Gasteiger partial charge in [0.2, 0.25) is 10.0 Å². The highest BCUT2D eigenvalue weighted by atomic mass is 32.2. The minimum atomic E-state index is -3.33. The maximum atomic E-state index is 12.8. The summed E-state index contributed by atoms with van der Waals surface area (Å²) in [6.45, 7) is 6.65. The van der Waals surface area contributed by atoms with E-state index in [1.54, 1.807) is 6.92 Å². The lowest BCUT2D eigenvalue weighted by Crippen LogP contribution is -2.52. The normalized spacial score (nSPS) is 21.9. The van der Waals surface area contributed by atoms with Crippen molar-refractivity contribution in [2.45, 2.75) is 46.5 Å². The average Bonchev–Trinajstić information content (AvgIpc) is 2.57. The van der Waals surface area contributed by atoms with Gasteiger partial charge in [0.25, 0.3) is 0 Å². The summed E-state index contributed by atoms with van der Waals surface area (Å²) in [5.74, 6) is -0.161. The van der Waals surface area contributed by atoms with Gasteiger partial charge in [-0.1, -0.05) is 31.2 Å². The topological polar surface area (TPSA) is 63.7 Å². The number of esters is 1. The molecule has 1 aromatic carbocycles. The molecule has 140 valence electrons. The SMILES string of the molecule is CCCS(=O)(=O)N1CCCC(Cc2ccccc2C)(C(=O)OCC)C1. The van der Waals surface area contributed by atoms with Crippen molar-refractivity contribution >= 4 is 16.0 Å². The van der Waals surface area contributed by atoms with Gasteiger partial charge in [0.15, 0.2) is 0 Å². The second kappa shape index (κ2) is 8.32. The molecule has 1 heterocycles. The zero-order valence-electron chi connectivity index (χ0n) is 15.5. The van der Waals surface area contributed by atoms with Crippen LogP contribution in [-0.4, -0.2) is 44.1 Å². The summed E-state index contributed by atoms with van der Waals surface area (Å²) in [5, 5.41) is 0. The van der Waals surface area contributed by atoms with E-state index in [4.69, 9.17) is 4.74 Å². The zero-order valence-corrected chi connectivity index (χ0v) is 16.3. The fraction of sp³-hybridized carbons (Fsp3) is 0.632. The first-order chi connectivity index (χ1) is 11.8. The van der Waals surface area contributed by atoms with Crippen molar-refractivity contribution in [2.24, 2.45) is 5.41 Å². The van der Waals surface area contributed by atoms with Crippen LogP contribution in [0.15, 0.2) is 24.3 Å². The summed E-state index contributed by atoms with van der Waals surface area (Å²) in [4.78, 5) is 12.8. The van der Waals surface area contributed by atoms with Crippen LogP contribution in [0.2, 0.25) is 0 Å². The number of ether oxygens (including phenoxy) is 1. The van der Waals surface area contributed by atoms with E-state index in [1.165, 1.54) is 4.31 Å². The molecular weight excluding hydrogens is 338 g/mol. The van der Waals surface area contributed by atoms with Gasteiger partial charge in [-0.05, 0) is 50.7 Å². The first-order valence-corrected chi connectivity index (χ1v) is 10.6. The number of rotatable bonds is 7. The van der Waals surface area contributed by atoms with Crippen LogP contribution in [-0.2, 0) is 26.0 Å². The van der Waals surface area contributed by atoms with E-state index in [2.05, 4.69) is 0 Å². The van der Waals surface area contributed by atoms with E-state index in [1.807, 2.05) is 38.1 Å². The Morgan fingerprint density at radius 3 is 2.64 bits per heavy atom. The Labute approximate surface area is 151 Å². The van der Waals surface area contributed by atoms with Crippen LogP contribution in [0.5, 0.6) is 0 Å². The van der Waals surface area contributed by atoms with Gasteiger partial charge in [0.05, 0.1) is 17.8 Å². The molecule has 0 radical (unpaired) electrons. The van der Waals surface area contributed by atoms with Gasteiger partial charge in [-0.3, -0.25) is 4.79 Å². The van der Waals surface area contributed by atoms with Crippen molar-refractivity contribution in [3.05, 3.63) is 35.4 Å². The lowest BCUT2D eigenvalue weighted by Gasteiger charge is -2.40. The quantitative estimate of drug-likeness (QED) is 0.695. The fourth-order valence-electron chi connectivity index (χ4n) is 3.55. The summed E-state index contributed by atoms with van der Waals surface area (Å²) in [7, 11) is -3.33. The standard InChI is InChI=1S/C19H29NO4S/c1-4-13-25(22,23)20-12-8-11-19(15-20,18(21)24-5-2)14-17-10-7-6-9-16(17)3/h6-7,9-10H,4-5,8,11-15H2,1-3H3. The summed E-state index contributed by atoms with van der Waals surface area (Å²) in [6, 6.07) is 7.95. The summed E-state index contributed by atoms with van der Waals surface area (Å²) >= 11 is 0. The molecular formula is C19H29NO4S. The summed E-state index contributed by atoms with van der Waals surface area (Å²) < 4.78 is 31.9. The number of piperidine rings is 1. The number of sulfonamides is 1. The minimum absolute atomic E-state index is 0.121. The molecule has 0 aliphatic carbocycles. The van der Waals surface area contributed by atoms with E-state index < -0.39 is 15.4 Å². The van der Waals surface area contributed by atoms with Crippen molar-refractivity contribution in [3.63, 3.8) is 0 Å². The van der Waals surface area contributed by atoms with Crippen LogP contribution < -0.4 is 0 Å². The number of carbonyl (C=O) groups excluding carboxylic acids is 1. The first-order valence-electron chi connectivity index (χ1n) is 9.04. The molecule has 2 rings (SSSR count). The third-order valence-corrected chi connectivity index (χ3v) is 6.92. The summed E-state index contributed by atoms with van der Waals surface area (Å²) in [6.07, 6.45) is 2.41. The predicted octanol–water partition coefficient (Wildman–Crippen LogP) is 2.92. The van der Waals surface area contributed by atoms with Gasteiger partial charge in [-0.2, -0.15) is 0 Å². The van der Waals surface area contributed by atoms with Gasteiger partial charge in [-0.25, -0.2) is 12.7 Å². The molecule has 0 amide bonds. The third kappa shape index (κ3) is 4.61. The lowest BCUT2D eigenvalue weighted by atomic mass is 9.75. The largest absolute Gasteiger partial charge is 0.466 e. The van der Waals surface area contributed by atoms with Crippen molar-refractivity contribution in [1.82, 2.24) is 4.31 Å². The van der Waals surface area contributed by atoms with E-state index in [0.717, 1.165) is 11.1 Å². The van der Waals surface area contributed by atoms with Crippen LogP contribution in [0.3, 0.4) is 0 Å². The Morgan fingerprint density at radius 1 is 1.28 bits per heavy atom. The van der Waals surface area contributed by atoms with Gasteiger partial charge >= 0.3 is 5.97 Å². The first kappa shape index (κ1) is 19.9. The number of hydrogen-bond acceptors (Lipinski definition) is 4. The summed E-state index contributed by atoms with van der Waals surface area (Å²) in [5.41, 5.74) is 1.38. The van der Waals surface area contributed by atoms with E-state index in [0.29, 0.717) is 38.8 Å². The Morgan fingerprint density at radius 2 is 2.00 bits per heavy atom. The fourth-order valence-corrected chi connectivity index (χ4v) is 5.18. The Balaban J connectivity index is 2.35. The van der Waals surface area contributed by atoms with Gasteiger partial charge in [0.1, 0.15) is 0 Å². The molecule has 25 heavy (non-hydrogen) atoms. The average molecular weight is 368 g/mol. The highest BCUT2D eigenvalue weighted by molar-refractivity contribution is 7.89. The molecule has 6 heteroatoms. The molecule has 1 aromatic rings. The van der Waals surface area contributed by atoms with E-state index in [-0.39, 0.29) is 18.3 Å². The number of hydrogen-bond donors (Lipinski definition) is 0. The number of benzene rings is 1. The van der Waals surface area contributed by atoms with E-state index in [9.17, 15) is 13.2 Å². The van der Waals surface area contributed by atoms with Crippen LogP contribution in [0.1, 0.15) is 44.2 Å². The Bertz CT molecular complexity index is 701. The van der Waals surface area contributed by atoms with Crippen LogP contribution in [0.4, 0.5) is 0 Å².